The van der Waals surface area contributed by atoms with Crippen molar-refractivity contribution in [3.63, 3.8) is 0 Å². The normalized spacial score (nSPS) is 11.5. The third-order valence-corrected chi connectivity index (χ3v) is 7.07. The summed E-state index contributed by atoms with van der Waals surface area (Å²) in [7, 11) is -3.88. The van der Waals surface area contributed by atoms with Crippen molar-refractivity contribution in [2.75, 3.05) is 19.7 Å². The third kappa shape index (κ3) is 5.11. The minimum absolute atomic E-state index is 0.219. The number of aryl methyl sites for hydroxylation is 1. The van der Waals surface area contributed by atoms with Crippen molar-refractivity contribution in [2.24, 2.45) is 0 Å². The highest BCUT2D eigenvalue weighted by molar-refractivity contribution is 7.89. The summed E-state index contributed by atoms with van der Waals surface area (Å²) in [6, 6.07) is 4.62. The highest BCUT2D eigenvalue weighted by Crippen LogP contribution is 2.21. The fraction of sp³-hybridized carbons (Fsp3) is 0.364. The molecule has 0 saturated heterocycles. The lowest BCUT2D eigenvalue weighted by Gasteiger charge is -2.18. The molecule has 31 heavy (non-hydrogen) atoms. The van der Waals surface area contributed by atoms with Crippen LogP contribution < -0.4 is 0 Å². The summed E-state index contributed by atoms with van der Waals surface area (Å²) < 4.78 is 47.6. The van der Waals surface area contributed by atoms with Crippen molar-refractivity contribution in [1.29, 1.82) is 0 Å². The van der Waals surface area contributed by atoms with Crippen molar-refractivity contribution < 1.29 is 27.1 Å². The molecule has 0 atom stereocenters. The number of carbonyl (C=O) groups excluding carboxylic acids is 2. The van der Waals surface area contributed by atoms with Crippen molar-refractivity contribution in [1.82, 2.24) is 8.87 Å². The van der Waals surface area contributed by atoms with Gasteiger partial charge in [-0.2, -0.15) is 4.31 Å². The summed E-state index contributed by atoms with van der Waals surface area (Å²) in [5, 5.41) is 0. The number of carbonyl (C=O) groups is 2. The molecular weight excluding hydrogens is 423 g/mol. The van der Waals surface area contributed by atoms with E-state index >= 15 is 0 Å². The van der Waals surface area contributed by atoms with Gasteiger partial charge in [0.05, 0.1) is 10.5 Å². The Morgan fingerprint density at radius 1 is 1.16 bits per heavy atom. The van der Waals surface area contributed by atoms with E-state index in [0.717, 1.165) is 23.9 Å². The summed E-state index contributed by atoms with van der Waals surface area (Å²) in [5.41, 5.74) is 1.41. The van der Waals surface area contributed by atoms with E-state index in [1.54, 1.807) is 32.9 Å². The van der Waals surface area contributed by atoms with E-state index < -0.39 is 39.8 Å². The lowest BCUT2D eigenvalue weighted by Crippen LogP contribution is -2.30. The van der Waals surface area contributed by atoms with Crippen LogP contribution in [0.5, 0.6) is 0 Å². The summed E-state index contributed by atoms with van der Waals surface area (Å²) in [4.78, 5) is 24.7. The molecule has 2 aromatic rings. The quantitative estimate of drug-likeness (QED) is 0.314. The number of rotatable bonds is 10. The fourth-order valence-electron chi connectivity index (χ4n) is 3.31. The van der Waals surface area contributed by atoms with E-state index in [2.05, 4.69) is 6.58 Å². The number of benzene rings is 1. The van der Waals surface area contributed by atoms with Gasteiger partial charge in [0, 0.05) is 36.6 Å². The number of halogens is 1. The van der Waals surface area contributed by atoms with Gasteiger partial charge in [0.1, 0.15) is 5.82 Å². The van der Waals surface area contributed by atoms with Crippen LogP contribution in [0.2, 0.25) is 0 Å². The largest absolute Gasteiger partial charge is 0.454 e. The Morgan fingerprint density at radius 2 is 1.81 bits per heavy atom. The smallest absolute Gasteiger partial charge is 0.341 e. The number of sulfonamides is 1. The van der Waals surface area contributed by atoms with Crippen LogP contribution >= 0.6 is 0 Å². The minimum atomic E-state index is -3.88. The van der Waals surface area contributed by atoms with Crippen LogP contribution in [-0.4, -0.2) is 48.7 Å². The van der Waals surface area contributed by atoms with Crippen LogP contribution in [0.25, 0.3) is 0 Å². The van der Waals surface area contributed by atoms with Gasteiger partial charge in [-0.05, 0) is 38.1 Å². The van der Waals surface area contributed by atoms with Crippen LogP contribution in [0.4, 0.5) is 4.39 Å². The van der Waals surface area contributed by atoms with Crippen LogP contribution in [0.1, 0.15) is 46.0 Å². The Bertz CT molecular complexity index is 1100. The van der Waals surface area contributed by atoms with Crippen LogP contribution in [0.15, 0.2) is 41.8 Å². The molecule has 0 aliphatic carbocycles. The van der Waals surface area contributed by atoms with Crippen LogP contribution in [-0.2, 0) is 21.3 Å². The first-order valence-corrected chi connectivity index (χ1v) is 11.3. The molecule has 0 spiro atoms. The number of aromatic nitrogens is 1. The average Bonchev–Trinajstić information content (AvgIpc) is 3.01. The summed E-state index contributed by atoms with van der Waals surface area (Å²) in [5.74, 6) is -2.48. The first kappa shape index (κ1) is 24.5. The zero-order valence-corrected chi connectivity index (χ0v) is 19.0. The van der Waals surface area contributed by atoms with E-state index in [4.69, 9.17) is 4.74 Å². The monoisotopic (exact) mass is 450 g/mol. The van der Waals surface area contributed by atoms with E-state index in [-0.39, 0.29) is 18.0 Å². The zero-order valence-electron chi connectivity index (χ0n) is 18.1. The SMILES string of the molecule is C=CCn1c(C)cc(C(=O)COC(=O)c2cc(S(=O)(=O)N(CC)CC)ccc2F)c1C. The molecule has 1 aromatic heterocycles. The molecule has 0 bridgehead atoms. The third-order valence-electron chi connectivity index (χ3n) is 5.02. The lowest BCUT2D eigenvalue weighted by atomic mass is 10.1. The zero-order chi connectivity index (χ0) is 23.3. The molecular formula is C22H27FN2O5S. The Balaban J connectivity index is 2.22. The van der Waals surface area contributed by atoms with Gasteiger partial charge in [-0.15, -0.1) is 6.58 Å². The second kappa shape index (κ2) is 10.0. The maximum atomic E-state index is 14.2. The van der Waals surface area contributed by atoms with Crippen LogP contribution in [0.3, 0.4) is 0 Å². The molecule has 7 nitrogen and oxygen atoms in total. The van der Waals surface area contributed by atoms with Crippen molar-refractivity contribution >= 4 is 21.8 Å². The van der Waals surface area contributed by atoms with Crippen LogP contribution in [0, 0.1) is 19.7 Å². The van der Waals surface area contributed by atoms with Gasteiger partial charge in [-0.3, -0.25) is 4.79 Å². The number of esters is 1. The number of ketones is 1. The predicted molar refractivity (Wildman–Crippen MR) is 115 cm³/mol. The maximum absolute atomic E-state index is 14.2. The molecule has 2 rings (SSSR count). The molecule has 0 aliphatic heterocycles. The van der Waals surface area contributed by atoms with Gasteiger partial charge in [0.15, 0.2) is 6.61 Å². The first-order valence-electron chi connectivity index (χ1n) is 9.86. The molecule has 168 valence electrons. The van der Waals surface area contributed by atoms with Crippen molar-refractivity contribution in [3.8, 4) is 0 Å². The Morgan fingerprint density at radius 3 is 2.39 bits per heavy atom. The molecule has 0 N–H and O–H groups in total. The topological polar surface area (TPSA) is 85.7 Å². The summed E-state index contributed by atoms with van der Waals surface area (Å²) >= 11 is 0. The highest BCUT2D eigenvalue weighted by Gasteiger charge is 2.25. The maximum Gasteiger partial charge on any atom is 0.341 e. The predicted octanol–water partition coefficient (Wildman–Crippen LogP) is 3.50. The second-order valence-corrected chi connectivity index (χ2v) is 8.85. The molecule has 0 saturated carbocycles. The van der Waals surface area contributed by atoms with Crippen molar-refractivity contribution in [2.45, 2.75) is 39.1 Å². The number of allylic oxidation sites excluding steroid dienone is 1. The molecule has 0 aliphatic rings. The lowest BCUT2D eigenvalue weighted by molar-refractivity contribution is 0.0469. The van der Waals surface area contributed by atoms with Crippen molar-refractivity contribution in [3.05, 3.63) is 65.3 Å². The van der Waals surface area contributed by atoms with Gasteiger partial charge < -0.3 is 9.30 Å². The molecule has 0 fully saturated rings. The van der Waals surface area contributed by atoms with Gasteiger partial charge in [-0.25, -0.2) is 17.6 Å². The number of nitrogens with zero attached hydrogens (tertiary/aromatic N) is 2. The molecule has 0 unspecified atom stereocenters. The second-order valence-electron chi connectivity index (χ2n) is 6.91. The average molecular weight is 451 g/mol. The van der Waals surface area contributed by atoms with Gasteiger partial charge >= 0.3 is 5.97 Å². The van der Waals surface area contributed by atoms with Gasteiger partial charge in [-0.1, -0.05) is 19.9 Å². The Labute approximate surface area is 182 Å². The molecule has 1 aromatic carbocycles. The first-order chi connectivity index (χ1) is 14.6. The standard InChI is InChI=1S/C22H27FN2O5S/c1-6-11-25-15(4)12-18(16(25)5)21(26)14-30-22(27)19-13-17(9-10-20(19)23)31(28,29)24(7-2)8-3/h6,9-10,12-13H,1,7-8,11,14H2,2-5H3. The van der Waals surface area contributed by atoms with E-state index in [9.17, 15) is 22.4 Å². The minimum Gasteiger partial charge on any atom is -0.454 e. The van der Waals surface area contributed by atoms with Gasteiger partial charge in [0.25, 0.3) is 0 Å². The number of hydrogen-bond donors (Lipinski definition) is 0. The Kier molecular flexibility index (Phi) is 7.91. The van der Waals surface area contributed by atoms with Gasteiger partial charge in [0.2, 0.25) is 15.8 Å². The van der Waals surface area contributed by atoms with E-state index in [1.807, 2.05) is 11.5 Å². The fourth-order valence-corrected chi connectivity index (χ4v) is 4.80. The van der Waals surface area contributed by atoms with E-state index in [0.29, 0.717) is 17.8 Å². The number of Topliss-reactive ketones (excluding diaryl/α,β-unsaturated/α-hetero) is 1. The van der Waals surface area contributed by atoms with E-state index in [1.165, 1.54) is 4.31 Å². The molecule has 0 radical (unpaired) electrons. The number of hydrogen-bond acceptors (Lipinski definition) is 5. The molecule has 0 amide bonds. The molecule has 1 heterocycles. The highest BCUT2D eigenvalue weighted by atomic mass is 32.2. The number of ether oxygens (including phenoxy) is 1. The summed E-state index contributed by atoms with van der Waals surface area (Å²) in [6.07, 6.45) is 1.70. The molecule has 9 heteroatoms. The summed E-state index contributed by atoms with van der Waals surface area (Å²) in [6.45, 7) is 11.1. The Hall–Kier alpha value is -2.78.